The molecule has 2 aromatic rings. The zero-order chi connectivity index (χ0) is 14.5. The van der Waals surface area contributed by atoms with Crippen LogP contribution in [0.15, 0.2) is 30.3 Å². The Labute approximate surface area is 118 Å². The molecule has 5 heteroatoms. The molecule has 5 nitrogen and oxygen atoms in total. The summed E-state index contributed by atoms with van der Waals surface area (Å²) >= 11 is 0. The number of anilines is 1. The lowest BCUT2D eigenvalue weighted by Crippen LogP contribution is -2.03. The highest BCUT2D eigenvalue weighted by Gasteiger charge is 2.08. The summed E-state index contributed by atoms with van der Waals surface area (Å²) in [5.41, 5.74) is 6.82. The van der Waals surface area contributed by atoms with Crippen molar-refractivity contribution in [2.45, 2.75) is 26.2 Å². The van der Waals surface area contributed by atoms with Crippen molar-refractivity contribution in [2.24, 2.45) is 0 Å². The highest BCUT2D eigenvalue weighted by molar-refractivity contribution is 5.37. The molecule has 0 radical (unpaired) electrons. The van der Waals surface area contributed by atoms with Gasteiger partial charge in [0, 0.05) is 18.6 Å². The zero-order valence-corrected chi connectivity index (χ0v) is 11.7. The molecular weight excluding hydrogens is 254 g/mol. The Balaban J connectivity index is 2.16. The molecule has 1 aromatic carbocycles. The first-order valence-electron chi connectivity index (χ1n) is 6.60. The monoisotopic (exact) mass is 273 g/mol. The minimum Gasteiger partial charge on any atom is -0.439 e. The number of aromatic nitrogens is 2. The zero-order valence-electron chi connectivity index (χ0n) is 11.7. The van der Waals surface area contributed by atoms with Crippen molar-refractivity contribution >= 4 is 5.82 Å². The molecule has 0 aliphatic rings. The molecule has 20 heavy (non-hydrogen) atoms. The minimum atomic E-state index is 0.139. The van der Waals surface area contributed by atoms with Crippen molar-refractivity contribution < 1.29 is 9.84 Å². The molecule has 1 heterocycles. The summed E-state index contributed by atoms with van der Waals surface area (Å²) in [6.07, 6.45) is 0.637. The maximum absolute atomic E-state index is 8.88. The predicted molar refractivity (Wildman–Crippen MR) is 77.8 cm³/mol. The van der Waals surface area contributed by atoms with Gasteiger partial charge in [-0.15, -0.1) is 0 Å². The Morgan fingerprint density at radius 1 is 1.20 bits per heavy atom. The number of hydrogen-bond donors (Lipinski definition) is 2. The molecule has 1 aromatic heterocycles. The number of hydrogen-bond acceptors (Lipinski definition) is 5. The molecule has 0 saturated carbocycles. The third kappa shape index (κ3) is 3.68. The van der Waals surface area contributed by atoms with Gasteiger partial charge >= 0.3 is 0 Å². The van der Waals surface area contributed by atoms with E-state index in [1.807, 2.05) is 38.1 Å². The van der Waals surface area contributed by atoms with Crippen molar-refractivity contribution in [1.82, 2.24) is 9.97 Å². The minimum absolute atomic E-state index is 0.139. The van der Waals surface area contributed by atoms with Gasteiger partial charge in [0.1, 0.15) is 17.4 Å². The van der Waals surface area contributed by atoms with Crippen LogP contribution < -0.4 is 10.5 Å². The van der Waals surface area contributed by atoms with Gasteiger partial charge in [0.25, 0.3) is 0 Å². The van der Waals surface area contributed by atoms with Gasteiger partial charge in [-0.1, -0.05) is 26.0 Å². The van der Waals surface area contributed by atoms with Crippen molar-refractivity contribution in [3.8, 4) is 11.6 Å². The van der Waals surface area contributed by atoms with Gasteiger partial charge in [0.2, 0.25) is 5.88 Å². The van der Waals surface area contributed by atoms with E-state index in [-0.39, 0.29) is 12.5 Å². The van der Waals surface area contributed by atoms with Crippen LogP contribution in [0, 0.1) is 0 Å². The van der Waals surface area contributed by atoms with Crippen LogP contribution in [0.2, 0.25) is 0 Å². The summed E-state index contributed by atoms with van der Waals surface area (Å²) in [5, 5.41) is 8.88. The lowest BCUT2D eigenvalue weighted by molar-refractivity contribution is 0.299. The lowest BCUT2D eigenvalue weighted by Gasteiger charge is -2.09. The molecule has 0 unspecified atom stereocenters. The maximum atomic E-state index is 8.88. The number of nitrogens with two attached hydrogens (primary N) is 1. The Bertz CT molecular complexity index is 568. The molecule has 0 aliphatic carbocycles. The average Bonchev–Trinajstić information content (AvgIpc) is 2.40. The second-order valence-corrected chi connectivity index (χ2v) is 4.86. The van der Waals surface area contributed by atoms with E-state index in [0.717, 1.165) is 5.56 Å². The predicted octanol–water partition coefficient (Wildman–Crippen LogP) is 2.51. The number of nitrogen functional groups attached to an aromatic ring is 1. The smallest absolute Gasteiger partial charge is 0.224 e. The average molecular weight is 273 g/mol. The second-order valence-electron chi connectivity index (χ2n) is 4.86. The van der Waals surface area contributed by atoms with E-state index < -0.39 is 0 Å². The summed E-state index contributed by atoms with van der Waals surface area (Å²) in [6.45, 7) is 4.14. The molecule has 0 saturated heterocycles. The summed E-state index contributed by atoms with van der Waals surface area (Å²) in [5.74, 6) is 2.37. The summed E-state index contributed by atoms with van der Waals surface area (Å²) in [7, 11) is 0. The van der Waals surface area contributed by atoms with E-state index >= 15 is 0 Å². The van der Waals surface area contributed by atoms with Crippen LogP contribution in [0.3, 0.4) is 0 Å². The van der Waals surface area contributed by atoms with E-state index in [0.29, 0.717) is 29.7 Å². The molecule has 0 bridgehead atoms. The molecular formula is C15H19N3O2. The van der Waals surface area contributed by atoms with Gasteiger partial charge in [-0.3, -0.25) is 0 Å². The number of aliphatic hydroxyl groups excluding tert-OH is 1. The van der Waals surface area contributed by atoms with Crippen LogP contribution in [0.1, 0.15) is 31.2 Å². The Hall–Kier alpha value is -2.14. The van der Waals surface area contributed by atoms with Gasteiger partial charge in [-0.2, -0.15) is 4.98 Å². The maximum Gasteiger partial charge on any atom is 0.224 e. The van der Waals surface area contributed by atoms with E-state index in [2.05, 4.69) is 9.97 Å². The Kier molecular flexibility index (Phi) is 4.53. The number of benzene rings is 1. The molecule has 106 valence electrons. The third-order valence-electron chi connectivity index (χ3n) is 2.80. The van der Waals surface area contributed by atoms with Crippen LogP contribution in [0.4, 0.5) is 5.82 Å². The molecule has 3 N–H and O–H groups in total. The van der Waals surface area contributed by atoms with Gasteiger partial charge in [-0.25, -0.2) is 4.98 Å². The molecule has 0 atom stereocenters. The van der Waals surface area contributed by atoms with Crippen LogP contribution in [0.25, 0.3) is 0 Å². The summed E-state index contributed by atoms with van der Waals surface area (Å²) in [4.78, 5) is 8.51. The normalized spacial score (nSPS) is 10.8. The van der Waals surface area contributed by atoms with Crippen LogP contribution in [-0.4, -0.2) is 21.7 Å². The fourth-order valence-corrected chi connectivity index (χ4v) is 1.75. The first-order chi connectivity index (χ1) is 9.58. The van der Waals surface area contributed by atoms with Crippen LogP contribution in [-0.2, 0) is 6.42 Å². The van der Waals surface area contributed by atoms with Crippen LogP contribution in [0.5, 0.6) is 11.6 Å². The number of aliphatic hydroxyl groups is 1. The van der Waals surface area contributed by atoms with Crippen molar-refractivity contribution in [1.29, 1.82) is 0 Å². The van der Waals surface area contributed by atoms with E-state index in [4.69, 9.17) is 15.6 Å². The van der Waals surface area contributed by atoms with Crippen molar-refractivity contribution in [3.05, 3.63) is 41.7 Å². The molecule has 0 amide bonds. The molecule has 0 aliphatic heterocycles. The SMILES string of the molecule is CC(C)c1nc(N)cc(Oc2ccc(CCO)cc2)n1. The fraction of sp³-hybridized carbons (Fsp3) is 0.333. The number of nitrogens with zero attached hydrogens (tertiary/aromatic N) is 2. The first kappa shape index (κ1) is 14.3. The highest BCUT2D eigenvalue weighted by atomic mass is 16.5. The highest BCUT2D eigenvalue weighted by Crippen LogP contribution is 2.23. The van der Waals surface area contributed by atoms with Gasteiger partial charge < -0.3 is 15.6 Å². The van der Waals surface area contributed by atoms with E-state index in [1.54, 1.807) is 6.07 Å². The molecule has 2 rings (SSSR count). The fourth-order valence-electron chi connectivity index (χ4n) is 1.75. The summed E-state index contributed by atoms with van der Waals surface area (Å²) in [6, 6.07) is 9.13. The van der Waals surface area contributed by atoms with Crippen molar-refractivity contribution in [2.75, 3.05) is 12.3 Å². The molecule has 0 fully saturated rings. The van der Waals surface area contributed by atoms with Crippen LogP contribution >= 0.6 is 0 Å². The van der Waals surface area contributed by atoms with Gasteiger partial charge in [0.15, 0.2) is 0 Å². The Morgan fingerprint density at radius 2 is 1.90 bits per heavy atom. The third-order valence-corrected chi connectivity index (χ3v) is 2.80. The van der Waals surface area contributed by atoms with E-state index in [1.165, 1.54) is 0 Å². The summed E-state index contributed by atoms with van der Waals surface area (Å²) < 4.78 is 5.69. The number of ether oxygens (including phenoxy) is 1. The first-order valence-corrected chi connectivity index (χ1v) is 6.60. The standard InChI is InChI=1S/C15H19N3O2/c1-10(2)15-17-13(16)9-14(18-15)20-12-5-3-11(4-6-12)7-8-19/h3-6,9-10,19H,7-8H2,1-2H3,(H2,16,17,18). The van der Waals surface area contributed by atoms with E-state index in [9.17, 15) is 0 Å². The quantitative estimate of drug-likeness (QED) is 0.874. The second kappa shape index (κ2) is 6.34. The van der Waals surface area contributed by atoms with Gasteiger partial charge in [0.05, 0.1) is 0 Å². The van der Waals surface area contributed by atoms with Crippen molar-refractivity contribution in [3.63, 3.8) is 0 Å². The lowest BCUT2D eigenvalue weighted by atomic mass is 10.1. The number of rotatable bonds is 5. The topological polar surface area (TPSA) is 81.3 Å². The molecule has 0 spiro atoms. The Morgan fingerprint density at radius 3 is 2.50 bits per heavy atom. The van der Waals surface area contributed by atoms with Gasteiger partial charge in [-0.05, 0) is 24.1 Å². The largest absolute Gasteiger partial charge is 0.439 e.